The van der Waals surface area contributed by atoms with Crippen LogP contribution in [-0.2, 0) is 16.1 Å². The molecular weight excluding hydrogens is 400 g/mol. The number of nitrogens with zero attached hydrogens (tertiary/aromatic N) is 1. The van der Waals surface area contributed by atoms with Crippen LogP contribution in [0.2, 0.25) is 0 Å². The third-order valence-electron chi connectivity index (χ3n) is 4.87. The lowest BCUT2D eigenvalue weighted by Crippen LogP contribution is -2.32. The number of carbonyl (C=O) groups is 2. The van der Waals surface area contributed by atoms with Gasteiger partial charge >= 0.3 is 0 Å². The van der Waals surface area contributed by atoms with Crippen molar-refractivity contribution in [3.63, 3.8) is 0 Å². The number of nitrogens with one attached hydrogen (secondary N) is 3. The van der Waals surface area contributed by atoms with Crippen LogP contribution >= 0.6 is 23.7 Å². The van der Waals surface area contributed by atoms with Gasteiger partial charge in [0.05, 0.1) is 6.54 Å². The molecule has 9 heteroatoms. The van der Waals surface area contributed by atoms with E-state index in [4.69, 9.17) is 4.42 Å². The van der Waals surface area contributed by atoms with Crippen molar-refractivity contribution in [1.29, 1.82) is 0 Å². The molecule has 0 aliphatic carbocycles. The van der Waals surface area contributed by atoms with Crippen LogP contribution in [-0.4, -0.2) is 29.9 Å². The van der Waals surface area contributed by atoms with Crippen LogP contribution in [0.3, 0.4) is 0 Å². The number of piperidine rings is 1. The van der Waals surface area contributed by atoms with Crippen molar-refractivity contribution in [1.82, 2.24) is 15.6 Å². The second-order valence-electron chi connectivity index (χ2n) is 7.03. The Morgan fingerprint density at radius 2 is 2.11 bits per heavy atom. The second-order valence-corrected chi connectivity index (χ2v) is 7.89. The molecule has 1 fully saturated rings. The highest BCUT2D eigenvalue weighted by Crippen LogP contribution is 2.28. The third kappa shape index (κ3) is 6.32. The Hall–Kier alpha value is -1.90. The summed E-state index contributed by atoms with van der Waals surface area (Å²) in [5, 5.41) is 11.4. The quantitative estimate of drug-likeness (QED) is 0.630. The van der Waals surface area contributed by atoms with Crippen molar-refractivity contribution in [2.24, 2.45) is 11.8 Å². The molecule has 3 N–H and O–H groups in total. The van der Waals surface area contributed by atoms with Crippen molar-refractivity contribution in [2.45, 2.75) is 39.7 Å². The normalized spacial score (nSPS) is 15.5. The number of thiazole rings is 1. The Kier molecular flexibility index (Phi) is 8.47. The number of hydrogen-bond donors (Lipinski definition) is 3. The Bertz CT molecular complexity index is 786. The molecule has 1 saturated heterocycles. The topological polar surface area (TPSA) is 96.3 Å². The smallest absolute Gasteiger partial charge is 0.226 e. The Balaban J connectivity index is 0.00000280. The molecule has 154 valence electrons. The highest BCUT2D eigenvalue weighted by atomic mass is 35.5. The van der Waals surface area contributed by atoms with E-state index in [2.05, 4.69) is 27.9 Å². The summed E-state index contributed by atoms with van der Waals surface area (Å²) in [6.45, 7) is 6.05. The molecule has 2 aromatic rings. The summed E-state index contributed by atoms with van der Waals surface area (Å²) in [5.41, 5.74) is 0.677. The lowest BCUT2D eigenvalue weighted by molar-refractivity contribution is -0.119. The molecule has 0 saturated carbocycles. The maximum absolute atomic E-state index is 12.3. The maximum atomic E-state index is 12.3. The molecule has 3 heterocycles. The van der Waals surface area contributed by atoms with E-state index in [0.717, 1.165) is 25.9 Å². The first kappa shape index (κ1) is 22.4. The molecule has 0 aromatic carbocycles. The van der Waals surface area contributed by atoms with Crippen molar-refractivity contribution in [2.75, 3.05) is 18.4 Å². The monoisotopic (exact) mass is 426 g/mol. The van der Waals surface area contributed by atoms with Crippen LogP contribution in [0.5, 0.6) is 0 Å². The minimum atomic E-state index is -0.106. The number of amides is 2. The SMILES string of the molecule is CC(=O)NCc1ccc(-c2csc(NC(=O)CC(C)C3CCNCC3)n2)o1.Cl. The summed E-state index contributed by atoms with van der Waals surface area (Å²) in [6.07, 6.45) is 2.78. The van der Waals surface area contributed by atoms with E-state index in [1.807, 2.05) is 17.5 Å². The molecule has 1 aliphatic rings. The lowest BCUT2D eigenvalue weighted by atomic mass is 9.84. The molecule has 3 rings (SSSR count). The van der Waals surface area contributed by atoms with Crippen LogP contribution in [0.1, 0.15) is 38.9 Å². The van der Waals surface area contributed by atoms with Crippen molar-refractivity contribution >= 4 is 40.7 Å². The summed E-state index contributed by atoms with van der Waals surface area (Å²) >= 11 is 1.38. The zero-order chi connectivity index (χ0) is 19.2. The van der Waals surface area contributed by atoms with Gasteiger partial charge in [0.1, 0.15) is 11.5 Å². The van der Waals surface area contributed by atoms with E-state index in [9.17, 15) is 9.59 Å². The van der Waals surface area contributed by atoms with Gasteiger partial charge in [0, 0.05) is 18.7 Å². The molecule has 2 amide bonds. The van der Waals surface area contributed by atoms with E-state index in [-0.39, 0.29) is 24.2 Å². The van der Waals surface area contributed by atoms with E-state index in [1.54, 1.807) is 0 Å². The molecular formula is C19H27ClN4O3S. The zero-order valence-corrected chi connectivity index (χ0v) is 17.8. The molecule has 28 heavy (non-hydrogen) atoms. The molecule has 2 aromatic heterocycles. The first-order chi connectivity index (χ1) is 13.0. The second kappa shape index (κ2) is 10.6. The number of halogens is 1. The Labute approximate surface area is 175 Å². The first-order valence-corrected chi connectivity index (χ1v) is 10.2. The standard InChI is InChI=1S/C19H26N4O3S.ClH/c1-12(14-5-7-20-8-6-14)9-18(25)23-19-22-16(11-27-19)17-4-3-15(26-17)10-21-13(2)24;/h3-4,11-12,14,20H,5-10H2,1-2H3,(H,21,24)(H,22,23,25);1H. The summed E-state index contributed by atoms with van der Waals surface area (Å²) in [5.74, 6) is 2.16. The fourth-order valence-electron chi connectivity index (χ4n) is 3.31. The van der Waals surface area contributed by atoms with Gasteiger partial charge in [0.2, 0.25) is 11.8 Å². The molecule has 1 atom stereocenters. The number of aromatic nitrogens is 1. The number of furan rings is 1. The third-order valence-corrected chi connectivity index (χ3v) is 5.63. The summed E-state index contributed by atoms with van der Waals surface area (Å²) < 4.78 is 5.69. The van der Waals surface area contributed by atoms with Gasteiger partial charge in [-0.1, -0.05) is 6.92 Å². The fourth-order valence-corrected chi connectivity index (χ4v) is 4.03. The molecule has 7 nitrogen and oxygen atoms in total. The molecule has 0 bridgehead atoms. The number of anilines is 1. The molecule has 1 aliphatic heterocycles. The predicted molar refractivity (Wildman–Crippen MR) is 113 cm³/mol. The van der Waals surface area contributed by atoms with Crippen LogP contribution in [0.25, 0.3) is 11.5 Å². The van der Waals surface area contributed by atoms with Crippen molar-refractivity contribution < 1.29 is 14.0 Å². The van der Waals surface area contributed by atoms with Crippen LogP contribution in [0.15, 0.2) is 21.9 Å². The van der Waals surface area contributed by atoms with Gasteiger partial charge in [-0.25, -0.2) is 4.98 Å². The van der Waals surface area contributed by atoms with E-state index < -0.39 is 0 Å². The van der Waals surface area contributed by atoms with E-state index in [0.29, 0.717) is 47.1 Å². The van der Waals surface area contributed by atoms with Crippen LogP contribution in [0, 0.1) is 11.8 Å². The average Bonchev–Trinajstić information content (AvgIpc) is 3.29. The largest absolute Gasteiger partial charge is 0.458 e. The van der Waals surface area contributed by atoms with Gasteiger partial charge in [0.15, 0.2) is 10.9 Å². The Morgan fingerprint density at radius 3 is 2.82 bits per heavy atom. The highest BCUT2D eigenvalue weighted by molar-refractivity contribution is 7.14. The number of hydrogen-bond acceptors (Lipinski definition) is 6. The van der Waals surface area contributed by atoms with Gasteiger partial charge in [-0.15, -0.1) is 23.7 Å². The van der Waals surface area contributed by atoms with Crippen molar-refractivity contribution in [3.8, 4) is 11.5 Å². The molecule has 1 unspecified atom stereocenters. The molecule has 0 radical (unpaired) electrons. The number of rotatable bonds is 7. The predicted octanol–water partition coefficient (Wildman–Crippen LogP) is 3.43. The highest BCUT2D eigenvalue weighted by Gasteiger charge is 2.22. The number of carbonyl (C=O) groups excluding carboxylic acids is 2. The maximum Gasteiger partial charge on any atom is 0.226 e. The van der Waals surface area contributed by atoms with Gasteiger partial charge < -0.3 is 20.4 Å². The van der Waals surface area contributed by atoms with Crippen molar-refractivity contribution in [3.05, 3.63) is 23.3 Å². The Morgan fingerprint density at radius 1 is 1.36 bits per heavy atom. The summed E-state index contributed by atoms with van der Waals surface area (Å²) in [6, 6.07) is 3.63. The molecule has 0 spiro atoms. The zero-order valence-electron chi connectivity index (χ0n) is 16.1. The van der Waals surface area contributed by atoms with Gasteiger partial charge in [-0.2, -0.15) is 0 Å². The first-order valence-electron chi connectivity index (χ1n) is 9.31. The average molecular weight is 427 g/mol. The van der Waals surface area contributed by atoms with E-state index in [1.165, 1.54) is 18.3 Å². The van der Waals surface area contributed by atoms with Crippen LogP contribution in [0.4, 0.5) is 5.13 Å². The summed E-state index contributed by atoms with van der Waals surface area (Å²) in [7, 11) is 0. The van der Waals surface area contributed by atoms with E-state index >= 15 is 0 Å². The van der Waals surface area contributed by atoms with Gasteiger partial charge in [-0.05, 0) is 49.9 Å². The minimum Gasteiger partial charge on any atom is -0.458 e. The lowest BCUT2D eigenvalue weighted by Gasteiger charge is -2.27. The fraction of sp³-hybridized carbons (Fsp3) is 0.526. The minimum absolute atomic E-state index is 0. The van der Waals surface area contributed by atoms with Crippen LogP contribution < -0.4 is 16.0 Å². The summed E-state index contributed by atoms with van der Waals surface area (Å²) in [4.78, 5) is 27.8. The van der Waals surface area contributed by atoms with Gasteiger partial charge in [0.25, 0.3) is 0 Å². The van der Waals surface area contributed by atoms with Gasteiger partial charge in [-0.3, -0.25) is 9.59 Å².